The predicted octanol–water partition coefficient (Wildman–Crippen LogP) is 1.66. The number of aliphatic carboxylic acids is 1. The normalized spacial score (nSPS) is 23.8. The van der Waals surface area contributed by atoms with Crippen LogP contribution in [0.5, 0.6) is 0 Å². The smallest absolute Gasteiger partial charge is 0.333 e. The number of methoxy groups -OCH3 is 1. The molecular formula is C20H28N2O4. The maximum absolute atomic E-state index is 11.8. The van der Waals surface area contributed by atoms with E-state index in [1.807, 2.05) is 24.3 Å². The Kier molecular flexibility index (Phi) is 6.43. The molecular weight excluding hydrogens is 332 g/mol. The van der Waals surface area contributed by atoms with Gasteiger partial charge < -0.3 is 25.2 Å². The van der Waals surface area contributed by atoms with Crippen LogP contribution in [-0.2, 0) is 20.9 Å². The molecule has 3 rings (SSSR count). The molecule has 2 unspecified atom stereocenters. The van der Waals surface area contributed by atoms with Crippen molar-refractivity contribution in [3.8, 4) is 0 Å². The van der Waals surface area contributed by atoms with Crippen molar-refractivity contribution in [2.24, 2.45) is 5.92 Å². The van der Waals surface area contributed by atoms with Gasteiger partial charge >= 0.3 is 5.97 Å². The van der Waals surface area contributed by atoms with Gasteiger partial charge in [0.05, 0.1) is 31.4 Å². The Morgan fingerprint density at radius 3 is 2.73 bits per heavy atom. The van der Waals surface area contributed by atoms with Gasteiger partial charge in [-0.15, -0.1) is 0 Å². The summed E-state index contributed by atoms with van der Waals surface area (Å²) in [7, 11) is 1.69. The van der Waals surface area contributed by atoms with Gasteiger partial charge in [0, 0.05) is 32.2 Å². The van der Waals surface area contributed by atoms with Crippen LogP contribution in [0.4, 0.5) is 0 Å². The standard InChI is InChI=1S/C20H28N2O4/c1-13(10-25-2)11-26-12-14-3-5-15(6-4-14)17-7-16-8-21-9-18(22-16)19(17)20(23)24/h3-6,13,16,18,21-22H,7-12H2,1-2H3,(H,23,24)/t13-,16?,18?/m0/s1. The summed E-state index contributed by atoms with van der Waals surface area (Å²) >= 11 is 0. The zero-order chi connectivity index (χ0) is 18.5. The molecule has 0 saturated carbocycles. The van der Waals surface area contributed by atoms with E-state index in [0.29, 0.717) is 37.9 Å². The Morgan fingerprint density at radius 1 is 1.27 bits per heavy atom. The molecule has 2 aliphatic heterocycles. The van der Waals surface area contributed by atoms with Gasteiger partial charge in [0.15, 0.2) is 0 Å². The Labute approximate surface area is 154 Å². The van der Waals surface area contributed by atoms with Gasteiger partial charge in [0.1, 0.15) is 0 Å². The van der Waals surface area contributed by atoms with Crippen LogP contribution in [0.15, 0.2) is 29.8 Å². The molecule has 1 fully saturated rings. The first-order chi connectivity index (χ1) is 12.6. The van der Waals surface area contributed by atoms with Crippen molar-refractivity contribution in [2.75, 3.05) is 33.4 Å². The summed E-state index contributed by atoms with van der Waals surface area (Å²) in [4.78, 5) is 11.8. The number of hydrogen-bond acceptors (Lipinski definition) is 5. The first-order valence-corrected chi connectivity index (χ1v) is 9.17. The molecule has 142 valence electrons. The number of piperazine rings is 1. The molecule has 26 heavy (non-hydrogen) atoms. The van der Waals surface area contributed by atoms with Gasteiger partial charge in [0.25, 0.3) is 0 Å². The number of carboxylic acids is 1. The fraction of sp³-hybridized carbons (Fsp3) is 0.550. The first-order valence-electron chi connectivity index (χ1n) is 9.17. The van der Waals surface area contributed by atoms with Crippen molar-refractivity contribution < 1.29 is 19.4 Å². The Morgan fingerprint density at radius 2 is 2.04 bits per heavy atom. The van der Waals surface area contributed by atoms with Gasteiger partial charge in [-0.25, -0.2) is 4.79 Å². The van der Waals surface area contributed by atoms with Crippen LogP contribution < -0.4 is 10.6 Å². The van der Waals surface area contributed by atoms with Gasteiger partial charge in [-0.3, -0.25) is 0 Å². The molecule has 0 aromatic heterocycles. The second kappa shape index (κ2) is 8.77. The summed E-state index contributed by atoms with van der Waals surface area (Å²) in [5.74, 6) is -0.468. The fourth-order valence-corrected chi connectivity index (χ4v) is 3.75. The van der Waals surface area contributed by atoms with Crippen LogP contribution in [0.25, 0.3) is 5.57 Å². The van der Waals surface area contributed by atoms with Crippen LogP contribution >= 0.6 is 0 Å². The second-order valence-corrected chi connectivity index (χ2v) is 7.25. The molecule has 0 spiro atoms. The number of rotatable bonds is 8. The van der Waals surface area contributed by atoms with Crippen molar-refractivity contribution in [2.45, 2.75) is 32.0 Å². The highest BCUT2D eigenvalue weighted by Gasteiger charge is 2.35. The highest BCUT2D eigenvalue weighted by molar-refractivity contribution is 5.98. The molecule has 1 aromatic carbocycles. The molecule has 3 N–H and O–H groups in total. The van der Waals surface area contributed by atoms with E-state index in [1.54, 1.807) is 7.11 Å². The third kappa shape index (κ3) is 4.51. The van der Waals surface area contributed by atoms with Gasteiger partial charge in [0.2, 0.25) is 0 Å². The lowest BCUT2D eigenvalue weighted by atomic mass is 9.84. The predicted molar refractivity (Wildman–Crippen MR) is 99.9 cm³/mol. The summed E-state index contributed by atoms with van der Waals surface area (Å²) in [5, 5.41) is 16.4. The van der Waals surface area contributed by atoms with E-state index in [0.717, 1.165) is 29.7 Å². The Hall–Kier alpha value is -1.73. The maximum atomic E-state index is 11.8. The van der Waals surface area contributed by atoms with Crippen molar-refractivity contribution in [3.05, 3.63) is 41.0 Å². The number of ether oxygens (including phenoxy) is 2. The number of fused-ring (bicyclic) bond motifs is 2. The Bertz CT molecular complexity index is 656. The maximum Gasteiger partial charge on any atom is 0.333 e. The number of carboxylic acid groups (broad SMARTS) is 1. The van der Waals surface area contributed by atoms with Crippen LogP contribution in [0.2, 0.25) is 0 Å². The molecule has 0 radical (unpaired) electrons. The molecule has 6 heteroatoms. The van der Waals surface area contributed by atoms with Crippen LogP contribution in [-0.4, -0.2) is 56.6 Å². The lowest BCUT2D eigenvalue weighted by molar-refractivity contribution is -0.133. The number of benzene rings is 1. The summed E-state index contributed by atoms with van der Waals surface area (Å²) < 4.78 is 10.8. The summed E-state index contributed by atoms with van der Waals surface area (Å²) in [6.07, 6.45) is 0.732. The molecule has 2 bridgehead atoms. The minimum Gasteiger partial charge on any atom is -0.478 e. The van der Waals surface area contributed by atoms with E-state index in [1.165, 1.54) is 0 Å². The molecule has 0 aliphatic carbocycles. The zero-order valence-electron chi connectivity index (χ0n) is 15.5. The second-order valence-electron chi connectivity index (χ2n) is 7.25. The first kappa shape index (κ1) is 19.0. The van der Waals surface area contributed by atoms with Crippen LogP contribution in [0.3, 0.4) is 0 Å². The lowest BCUT2D eigenvalue weighted by Crippen LogP contribution is -2.58. The van der Waals surface area contributed by atoms with Gasteiger partial charge in [-0.2, -0.15) is 0 Å². The molecule has 1 saturated heterocycles. The summed E-state index contributed by atoms with van der Waals surface area (Å²) in [6.45, 7) is 5.53. The van der Waals surface area contributed by atoms with E-state index in [4.69, 9.17) is 9.47 Å². The lowest BCUT2D eigenvalue weighted by Gasteiger charge is -2.38. The van der Waals surface area contributed by atoms with Crippen LogP contribution in [0.1, 0.15) is 24.5 Å². The number of carbonyl (C=O) groups is 1. The quantitative estimate of drug-likeness (QED) is 0.654. The van der Waals surface area contributed by atoms with E-state index in [2.05, 4.69) is 17.6 Å². The summed E-state index contributed by atoms with van der Waals surface area (Å²) in [5.41, 5.74) is 3.53. The number of nitrogens with one attached hydrogen (secondary N) is 2. The summed E-state index contributed by atoms with van der Waals surface area (Å²) in [6, 6.07) is 8.25. The Balaban J connectivity index is 1.69. The van der Waals surface area contributed by atoms with E-state index in [9.17, 15) is 9.90 Å². The van der Waals surface area contributed by atoms with Gasteiger partial charge in [-0.1, -0.05) is 31.2 Å². The molecule has 0 amide bonds. The molecule has 1 aromatic rings. The minimum absolute atomic E-state index is 0.125. The molecule has 3 atom stereocenters. The van der Waals surface area contributed by atoms with Crippen molar-refractivity contribution >= 4 is 11.5 Å². The molecule has 6 nitrogen and oxygen atoms in total. The SMILES string of the molecule is COC[C@H](C)COCc1ccc(C2=C(C(=O)O)C3CNCC(C2)N3)cc1. The largest absolute Gasteiger partial charge is 0.478 e. The average molecular weight is 360 g/mol. The topological polar surface area (TPSA) is 79.8 Å². The highest BCUT2D eigenvalue weighted by atomic mass is 16.5. The zero-order valence-corrected chi connectivity index (χ0v) is 15.5. The van der Waals surface area contributed by atoms with Crippen molar-refractivity contribution in [1.82, 2.24) is 10.6 Å². The fourth-order valence-electron chi connectivity index (χ4n) is 3.75. The average Bonchev–Trinajstić information content (AvgIpc) is 2.62. The van der Waals surface area contributed by atoms with Crippen molar-refractivity contribution in [3.63, 3.8) is 0 Å². The number of hydrogen-bond donors (Lipinski definition) is 3. The monoisotopic (exact) mass is 360 g/mol. The van der Waals surface area contributed by atoms with Gasteiger partial charge in [-0.05, 0) is 23.1 Å². The van der Waals surface area contributed by atoms with Crippen molar-refractivity contribution in [1.29, 1.82) is 0 Å². The molecule has 2 aliphatic rings. The highest BCUT2D eigenvalue weighted by Crippen LogP contribution is 2.31. The van der Waals surface area contributed by atoms with E-state index >= 15 is 0 Å². The third-order valence-electron chi connectivity index (χ3n) is 4.96. The third-order valence-corrected chi connectivity index (χ3v) is 4.96. The van der Waals surface area contributed by atoms with E-state index in [-0.39, 0.29) is 12.1 Å². The minimum atomic E-state index is -0.834. The van der Waals surface area contributed by atoms with Crippen LogP contribution in [0, 0.1) is 5.92 Å². The molecule has 2 heterocycles. The van der Waals surface area contributed by atoms with E-state index < -0.39 is 5.97 Å².